The molecule has 0 radical (unpaired) electrons. The summed E-state index contributed by atoms with van der Waals surface area (Å²) in [6.07, 6.45) is -0.254. The van der Waals surface area contributed by atoms with Crippen molar-refractivity contribution in [2.75, 3.05) is 11.9 Å². The molecule has 0 spiro atoms. The molecule has 0 aliphatic carbocycles. The smallest absolute Gasteiger partial charge is 0.304 e. The molecule has 0 heterocycles. The van der Waals surface area contributed by atoms with Crippen molar-refractivity contribution >= 4 is 17.6 Å². The molecule has 1 N–H and O–H groups in total. The SMILES string of the molecule is Cc1cc(N(C)C(=O)C(C)(C)CC(=O)O)ccc1F. The Kier molecular flexibility index (Phi) is 4.29. The number of carbonyl (C=O) groups is 2. The standard InChI is InChI=1S/C14H18FNO3/c1-9-7-10(5-6-11(9)15)16(4)13(19)14(2,3)8-12(17)18/h5-7H,8H2,1-4H3,(H,17,18). The van der Waals surface area contributed by atoms with Crippen molar-refractivity contribution in [2.45, 2.75) is 27.2 Å². The lowest BCUT2D eigenvalue weighted by Gasteiger charge is -2.28. The average Bonchev–Trinajstić information content (AvgIpc) is 2.29. The Morgan fingerprint density at radius 1 is 1.37 bits per heavy atom. The van der Waals surface area contributed by atoms with E-state index in [0.29, 0.717) is 11.3 Å². The number of carbonyl (C=O) groups excluding carboxylic acids is 1. The summed E-state index contributed by atoms with van der Waals surface area (Å²) in [7, 11) is 1.55. The number of carboxylic acid groups (broad SMARTS) is 1. The van der Waals surface area contributed by atoms with Crippen LogP contribution in [-0.2, 0) is 9.59 Å². The maximum absolute atomic E-state index is 13.2. The molecule has 0 fully saturated rings. The van der Waals surface area contributed by atoms with Gasteiger partial charge in [0.25, 0.3) is 0 Å². The van der Waals surface area contributed by atoms with Gasteiger partial charge in [0, 0.05) is 12.7 Å². The van der Waals surface area contributed by atoms with Crippen molar-refractivity contribution in [1.82, 2.24) is 0 Å². The van der Waals surface area contributed by atoms with E-state index in [-0.39, 0.29) is 18.1 Å². The molecule has 0 saturated heterocycles. The number of carboxylic acids is 1. The van der Waals surface area contributed by atoms with Crippen molar-refractivity contribution in [3.8, 4) is 0 Å². The molecule has 0 aromatic heterocycles. The van der Waals surface area contributed by atoms with E-state index in [4.69, 9.17) is 5.11 Å². The Balaban J connectivity index is 2.98. The van der Waals surface area contributed by atoms with Gasteiger partial charge in [-0.15, -0.1) is 0 Å². The molecule has 0 unspecified atom stereocenters. The number of benzene rings is 1. The number of aliphatic carboxylic acids is 1. The average molecular weight is 267 g/mol. The Hall–Kier alpha value is -1.91. The van der Waals surface area contributed by atoms with E-state index in [1.165, 1.54) is 17.0 Å². The van der Waals surface area contributed by atoms with E-state index < -0.39 is 11.4 Å². The van der Waals surface area contributed by atoms with Crippen LogP contribution in [0.2, 0.25) is 0 Å². The van der Waals surface area contributed by atoms with E-state index in [1.807, 2.05) is 0 Å². The highest BCUT2D eigenvalue weighted by Gasteiger charge is 2.33. The summed E-state index contributed by atoms with van der Waals surface area (Å²) in [6, 6.07) is 4.35. The van der Waals surface area contributed by atoms with Gasteiger partial charge in [-0.25, -0.2) is 4.39 Å². The zero-order valence-corrected chi connectivity index (χ0v) is 11.5. The first-order chi connectivity index (χ1) is 8.65. The van der Waals surface area contributed by atoms with Crippen molar-refractivity contribution in [3.05, 3.63) is 29.6 Å². The number of anilines is 1. The summed E-state index contributed by atoms with van der Waals surface area (Å²) in [5.74, 6) is -1.68. The number of hydrogen-bond acceptors (Lipinski definition) is 2. The predicted molar refractivity (Wildman–Crippen MR) is 70.6 cm³/mol. The Morgan fingerprint density at radius 3 is 2.42 bits per heavy atom. The summed E-state index contributed by atoms with van der Waals surface area (Å²) in [5.41, 5.74) is -0.0290. The molecule has 1 aromatic carbocycles. The fourth-order valence-electron chi connectivity index (χ4n) is 1.86. The lowest BCUT2D eigenvalue weighted by atomic mass is 9.87. The number of amides is 1. The van der Waals surface area contributed by atoms with Gasteiger partial charge in [0.15, 0.2) is 0 Å². The predicted octanol–water partition coefficient (Wildman–Crippen LogP) is 2.60. The molecule has 0 bridgehead atoms. The first-order valence-corrected chi connectivity index (χ1v) is 5.91. The van der Waals surface area contributed by atoms with Crippen molar-refractivity contribution in [1.29, 1.82) is 0 Å². The van der Waals surface area contributed by atoms with E-state index >= 15 is 0 Å². The Labute approximate surface area is 111 Å². The van der Waals surface area contributed by atoms with Gasteiger partial charge in [-0.1, -0.05) is 13.8 Å². The van der Waals surface area contributed by atoms with Crippen LogP contribution in [0, 0.1) is 18.2 Å². The highest BCUT2D eigenvalue weighted by molar-refractivity contribution is 5.98. The van der Waals surface area contributed by atoms with Crippen LogP contribution >= 0.6 is 0 Å². The molecule has 0 aliphatic rings. The second-order valence-electron chi connectivity index (χ2n) is 5.25. The van der Waals surface area contributed by atoms with Crippen molar-refractivity contribution < 1.29 is 19.1 Å². The first-order valence-electron chi connectivity index (χ1n) is 5.91. The molecule has 5 heteroatoms. The molecular formula is C14H18FNO3. The van der Waals surface area contributed by atoms with E-state index in [2.05, 4.69) is 0 Å². The minimum absolute atomic E-state index is 0.254. The van der Waals surface area contributed by atoms with Gasteiger partial charge in [-0.3, -0.25) is 9.59 Å². The fraction of sp³-hybridized carbons (Fsp3) is 0.429. The van der Waals surface area contributed by atoms with Gasteiger partial charge >= 0.3 is 5.97 Å². The number of rotatable bonds is 4. The normalized spacial score (nSPS) is 11.2. The molecule has 1 aromatic rings. The van der Waals surface area contributed by atoms with Gasteiger partial charge in [0.05, 0.1) is 11.8 Å². The molecule has 104 valence electrons. The molecule has 1 rings (SSSR count). The number of aryl methyl sites for hydroxylation is 1. The molecule has 0 saturated carbocycles. The summed E-state index contributed by atoms with van der Waals surface area (Å²) in [5, 5.41) is 8.81. The largest absolute Gasteiger partial charge is 0.481 e. The summed E-state index contributed by atoms with van der Waals surface area (Å²) < 4.78 is 13.2. The van der Waals surface area contributed by atoms with Gasteiger partial charge in [0.2, 0.25) is 5.91 Å². The third-order valence-electron chi connectivity index (χ3n) is 3.01. The van der Waals surface area contributed by atoms with Crippen LogP contribution in [-0.4, -0.2) is 24.0 Å². The van der Waals surface area contributed by atoms with E-state index in [9.17, 15) is 14.0 Å². The van der Waals surface area contributed by atoms with E-state index in [1.54, 1.807) is 33.9 Å². The summed E-state index contributed by atoms with van der Waals surface area (Å²) in [6.45, 7) is 4.77. The van der Waals surface area contributed by atoms with Crippen LogP contribution in [0.4, 0.5) is 10.1 Å². The van der Waals surface area contributed by atoms with Crippen LogP contribution in [0.15, 0.2) is 18.2 Å². The third kappa shape index (κ3) is 3.53. The van der Waals surface area contributed by atoms with Gasteiger partial charge in [-0.05, 0) is 30.7 Å². The quantitative estimate of drug-likeness (QED) is 0.912. The molecule has 19 heavy (non-hydrogen) atoms. The van der Waals surface area contributed by atoms with Crippen LogP contribution in [0.5, 0.6) is 0 Å². The minimum Gasteiger partial charge on any atom is -0.481 e. The second kappa shape index (κ2) is 5.38. The number of hydrogen-bond donors (Lipinski definition) is 1. The number of nitrogens with zero attached hydrogens (tertiary/aromatic N) is 1. The zero-order valence-electron chi connectivity index (χ0n) is 11.5. The highest BCUT2D eigenvalue weighted by Crippen LogP contribution is 2.27. The van der Waals surface area contributed by atoms with E-state index in [0.717, 1.165) is 0 Å². The Bertz CT molecular complexity index is 511. The zero-order chi connectivity index (χ0) is 14.8. The third-order valence-corrected chi connectivity index (χ3v) is 3.01. The number of halogens is 1. The van der Waals surface area contributed by atoms with Crippen molar-refractivity contribution in [3.63, 3.8) is 0 Å². The van der Waals surface area contributed by atoms with Crippen molar-refractivity contribution in [2.24, 2.45) is 5.41 Å². The first kappa shape index (κ1) is 15.1. The highest BCUT2D eigenvalue weighted by atomic mass is 19.1. The minimum atomic E-state index is -1.03. The van der Waals surface area contributed by atoms with Crippen LogP contribution in [0.1, 0.15) is 25.8 Å². The lowest BCUT2D eigenvalue weighted by Crippen LogP contribution is -2.39. The molecular weight excluding hydrogens is 249 g/mol. The second-order valence-corrected chi connectivity index (χ2v) is 5.25. The summed E-state index contributed by atoms with van der Waals surface area (Å²) >= 11 is 0. The maximum Gasteiger partial charge on any atom is 0.304 e. The fourth-order valence-corrected chi connectivity index (χ4v) is 1.86. The van der Waals surface area contributed by atoms with Crippen LogP contribution < -0.4 is 4.90 Å². The summed E-state index contributed by atoms with van der Waals surface area (Å²) in [4.78, 5) is 24.4. The molecule has 1 amide bonds. The van der Waals surface area contributed by atoms with Crippen LogP contribution in [0.3, 0.4) is 0 Å². The maximum atomic E-state index is 13.2. The van der Waals surface area contributed by atoms with Gasteiger partial charge in [-0.2, -0.15) is 0 Å². The Morgan fingerprint density at radius 2 is 1.95 bits per heavy atom. The molecule has 0 atom stereocenters. The van der Waals surface area contributed by atoms with Gasteiger partial charge < -0.3 is 10.0 Å². The molecule has 0 aliphatic heterocycles. The molecule has 4 nitrogen and oxygen atoms in total. The monoisotopic (exact) mass is 267 g/mol. The lowest BCUT2D eigenvalue weighted by molar-refractivity contribution is -0.143. The van der Waals surface area contributed by atoms with Gasteiger partial charge in [0.1, 0.15) is 5.82 Å². The van der Waals surface area contributed by atoms with Crippen LogP contribution in [0.25, 0.3) is 0 Å². The topological polar surface area (TPSA) is 57.6 Å².